The standard InChI is InChI=1S/C30H35ClFN5O3S/c1-19-17-33-29(35-23-5-6-24(26(32)16-23)28(38)34-22-8-12-37(3)13-9-22)36-27(19)15-20-4-7-25(31)21(14-20)18-41(39,40)30(2)10-11-30/h4-7,14,16-17,22H,8-13,15,18H2,1-3H3,(H,34,38)(H,33,35,36). The number of halogens is 2. The maximum atomic E-state index is 14.9. The SMILES string of the molecule is Cc1cnc(Nc2ccc(C(=O)NC3CCN(C)CC3)c(F)c2)nc1Cc1ccc(Cl)c(CS(=O)(=O)C2(C)CC2)c1. The number of likely N-dealkylation sites (tertiary alicyclic amines) is 1. The Hall–Kier alpha value is -3.08. The number of carbonyl (C=O) groups excluding carboxylic acids is 1. The Labute approximate surface area is 245 Å². The number of nitrogens with one attached hydrogen (secondary N) is 2. The third-order valence-electron chi connectivity index (χ3n) is 8.13. The van der Waals surface area contributed by atoms with Crippen molar-refractivity contribution in [1.29, 1.82) is 0 Å². The van der Waals surface area contributed by atoms with Crippen LogP contribution in [-0.4, -0.2) is 60.1 Å². The first kappa shape index (κ1) is 29.4. The van der Waals surface area contributed by atoms with Crippen LogP contribution in [-0.2, 0) is 22.0 Å². The van der Waals surface area contributed by atoms with Gasteiger partial charge in [-0.25, -0.2) is 22.8 Å². The third kappa shape index (κ3) is 6.88. The van der Waals surface area contributed by atoms with Crippen LogP contribution < -0.4 is 10.6 Å². The van der Waals surface area contributed by atoms with Crippen LogP contribution in [0.4, 0.5) is 16.0 Å². The van der Waals surface area contributed by atoms with Crippen LogP contribution in [0.25, 0.3) is 0 Å². The van der Waals surface area contributed by atoms with Crippen LogP contribution in [0.3, 0.4) is 0 Å². The highest BCUT2D eigenvalue weighted by Gasteiger charge is 2.49. The Bertz CT molecular complexity index is 1570. The molecule has 1 saturated carbocycles. The first-order chi connectivity index (χ1) is 19.4. The van der Waals surface area contributed by atoms with Crippen molar-refractivity contribution in [1.82, 2.24) is 20.2 Å². The van der Waals surface area contributed by atoms with E-state index in [1.807, 2.05) is 26.1 Å². The molecule has 2 fully saturated rings. The Morgan fingerprint density at radius 1 is 1.17 bits per heavy atom. The molecule has 8 nitrogen and oxygen atoms in total. The monoisotopic (exact) mass is 599 g/mol. The second-order valence-electron chi connectivity index (χ2n) is 11.5. The summed E-state index contributed by atoms with van der Waals surface area (Å²) in [5.41, 5.74) is 3.47. The second kappa shape index (κ2) is 11.7. The van der Waals surface area contributed by atoms with Crippen LogP contribution in [0.1, 0.15) is 65.3 Å². The molecular formula is C30H35ClFN5O3S. The molecule has 1 aliphatic carbocycles. The number of carbonyl (C=O) groups is 1. The van der Waals surface area contributed by atoms with Crippen LogP contribution in [0.15, 0.2) is 42.6 Å². The van der Waals surface area contributed by atoms with E-state index in [1.165, 1.54) is 12.1 Å². The van der Waals surface area contributed by atoms with Gasteiger partial charge < -0.3 is 15.5 Å². The van der Waals surface area contributed by atoms with Crippen molar-refractivity contribution < 1.29 is 17.6 Å². The van der Waals surface area contributed by atoms with Gasteiger partial charge in [-0.1, -0.05) is 23.7 Å². The molecule has 2 aliphatic rings. The fourth-order valence-electron chi connectivity index (χ4n) is 4.95. The number of piperidine rings is 1. The number of sulfone groups is 1. The van der Waals surface area contributed by atoms with Gasteiger partial charge in [0, 0.05) is 29.4 Å². The summed E-state index contributed by atoms with van der Waals surface area (Å²) in [5.74, 6) is -0.856. The Morgan fingerprint density at radius 2 is 1.90 bits per heavy atom. The number of nitrogens with zero attached hydrogens (tertiary/aromatic N) is 3. The molecule has 1 saturated heterocycles. The summed E-state index contributed by atoms with van der Waals surface area (Å²) in [4.78, 5) is 23.8. The zero-order valence-corrected chi connectivity index (χ0v) is 25.1. The molecule has 41 heavy (non-hydrogen) atoms. The molecule has 3 aromatic rings. The van der Waals surface area contributed by atoms with Crippen LogP contribution in [0.2, 0.25) is 5.02 Å². The van der Waals surface area contributed by atoms with Crippen molar-refractivity contribution in [2.75, 3.05) is 25.5 Å². The predicted molar refractivity (Wildman–Crippen MR) is 159 cm³/mol. The minimum absolute atomic E-state index is 0.00349. The van der Waals surface area contributed by atoms with Crippen molar-refractivity contribution in [3.8, 4) is 0 Å². The zero-order chi connectivity index (χ0) is 29.4. The highest BCUT2D eigenvalue weighted by Crippen LogP contribution is 2.44. The highest BCUT2D eigenvalue weighted by atomic mass is 35.5. The maximum absolute atomic E-state index is 14.9. The Morgan fingerprint density at radius 3 is 2.59 bits per heavy atom. The largest absolute Gasteiger partial charge is 0.349 e. The molecule has 218 valence electrons. The molecule has 1 aliphatic heterocycles. The van der Waals surface area contributed by atoms with Gasteiger partial charge in [-0.15, -0.1) is 0 Å². The predicted octanol–water partition coefficient (Wildman–Crippen LogP) is 5.20. The molecule has 11 heteroatoms. The second-order valence-corrected chi connectivity index (χ2v) is 14.4. The van der Waals surface area contributed by atoms with E-state index >= 15 is 0 Å². The first-order valence-electron chi connectivity index (χ1n) is 13.8. The lowest BCUT2D eigenvalue weighted by atomic mass is 10.0. The van der Waals surface area contributed by atoms with Gasteiger partial charge in [0.15, 0.2) is 9.84 Å². The van der Waals surface area contributed by atoms with Crippen molar-refractivity contribution in [2.24, 2.45) is 0 Å². The summed E-state index contributed by atoms with van der Waals surface area (Å²) in [6.45, 7) is 5.47. The fourth-order valence-corrected chi connectivity index (χ4v) is 6.93. The van der Waals surface area contributed by atoms with Crippen LogP contribution in [0.5, 0.6) is 0 Å². The molecule has 5 rings (SSSR count). The summed E-state index contributed by atoms with van der Waals surface area (Å²) in [6.07, 6.45) is 5.16. The molecule has 0 spiro atoms. The van der Waals surface area contributed by atoms with Crippen LogP contribution in [0, 0.1) is 12.7 Å². The van der Waals surface area contributed by atoms with Crippen molar-refractivity contribution in [2.45, 2.75) is 62.5 Å². The average molecular weight is 600 g/mol. The third-order valence-corrected chi connectivity index (χ3v) is 11.1. The summed E-state index contributed by atoms with van der Waals surface area (Å²) in [6, 6.07) is 9.79. The van der Waals surface area contributed by atoms with Gasteiger partial charge in [0.05, 0.1) is 21.8 Å². The van der Waals surface area contributed by atoms with E-state index in [2.05, 4.69) is 25.5 Å². The number of hydrogen-bond donors (Lipinski definition) is 2. The fraction of sp³-hybridized carbons (Fsp3) is 0.433. The molecule has 0 unspecified atom stereocenters. The minimum atomic E-state index is -3.30. The van der Waals surface area contributed by atoms with E-state index < -0.39 is 26.3 Å². The van der Waals surface area contributed by atoms with Crippen molar-refractivity contribution in [3.05, 3.63) is 81.4 Å². The number of aromatic nitrogens is 2. The van der Waals surface area contributed by atoms with Gasteiger partial charge in [-0.05, 0) is 101 Å². The van der Waals surface area contributed by atoms with E-state index in [-0.39, 0.29) is 23.3 Å². The van der Waals surface area contributed by atoms with E-state index in [4.69, 9.17) is 11.6 Å². The highest BCUT2D eigenvalue weighted by molar-refractivity contribution is 7.92. The Balaban J connectivity index is 1.27. The lowest BCUT2D eigenvalue weighted by molar-refractivity contribution is 0.0913. The molecule has 2 heterocycles. The molecule has 0 bridgehead atoms. The van der Waals surface area contributed by atoms with Crippen molar-refractivity contribution in [3.63, 3.8) is 0 Å². The van der Waals surface area contributed by atoms with Crippen LogP contribution >= 0.6 is 11.6 Å². The molecule has 1 aromatic heterocycles. The van der Waals surface area contributed by atoms with Gasteiger partial charge in [0.1, 0.15) is 5.82 Å². The number of hydrogen-bond acceptors (Lipinski definition) is 7. The maximum Gasteiger partial charge on any atom is 0.254 e. The number of rotatable bonds is 9. The number of benzene rings is 2. The number of amides is 1. The molecular weight excluding hydrogens is 565 g/mol. The summed E-state index contributed by atoms with van der Waals surface area (Å²) in [5, 5.41) is 6.39. The number of aryl methyl sites for hydroxylation is 1. The van der Waals surface area contributed by atoms with Gasteiger partial charge in [0.2, 0.25) is 5.95 Å². The van der Waals surface area contributed by atoms with Gasteiger partial charge >= 0.3 is 0 Å². The first-order valence-corrected chi connectivity index (χ1v) is 15.8. The topological polar surface area (TPSA) is 104 Å². The van der Waals surface area contributed by atoms with E-state index in [1.54, 1.807) is 25.3 Å². The lowest BCUT2D eigenvalue weighted by Gasteiger charge is -2.29. The van der Waals surface area contributed by atoms with Gasteiger partial charge in [-0.2, -0.15) is 0 Å². The molecule has 2 N–H and O–H groups in total. The van der Waals surface area contributed by atoms with Crippen molar-refractivity contribution >= 4 is 39.0 Å². The molecule has 0 radical (unpaired) electrons. The lowest BCUT2D eigenvalue weighted by Crippen LogP contribution is -2.43. The smallest absolute Gasteiger partial charge is 0.254 e. The van der Waals surface area contributed by atoms with Gasteiger partial charge in [0.25, 0.3) is 5.91 Å². The van der Waals surface area contributed by atoms with E-state index in [0.717, 1.165) is 42.8 Å². The molecule has 2 aromatic carbocycles. The minimum Gasteiger partial charge on any atom is -0.349 e. The zero-order valence-electron chi connectivity index (χ0n) is 23.5. The van der Waals surface area contributed by atoms with E-state index in [0.29, 0.717) is 35.5 Å². The average Bonchev–Trinajstić information content (AvgIpc) is 3.68. The molecule has 0 atom stereocenters. The summed E-state index contributed by atoms with van der Waals surface area (Å²) >= 11 is 6.36. The van der Waals surface area contributed by atoms with Gasteiger partial charge in [-0.3, -0.25) is 4.79 Å². The summed E-state index contributed by atoms with van der Waals surface area (Å²) < 4.78 is 39.9. The molecule has 1 amide bonds. The Kier molecular flexibility index (Phi) is 8.36. The quantitative estimate of drug-likeness (QED) is 0.348. The normalized spacial score (nSPS) is 17.3. The van der Waals surface area contributed by atoms with E-state index in [9.17, 15) is 17.6 Å². The number of anilines is 2. The summed E-state index contributed by atoms with van der Waals surface area (Å²) in [7, 11) is -1.26.